The maximum atomic E-state index is 12.3. The number of benzene rings is 1. The fourth-order valence-electron chi connectivity index (χ4n) is 3.77. The van der Waals surface area contributed by atoms with E-state index in [1.54, 1.807) is 0 Å². The van der Waals surface area contributed by atoms with E-state index in [-0.39, 0.29) is 18.0 Å². The number of aryl methyl sites for hydroxylation is 1. The summed E-state index contributed by atoms with van der Waals surface area (Å²) in [6, 6.07) is 5.80. The Labute approximate surface area is 185 Å². The molecular formula is C23H36N6O2. The Morgan fingerprint density at radius 1 is 1.10 bits per heavy atom. The van der Waals surface area contributed by atoms with Gasteiger partial charge in [-0.1, -0.05) is 13.8 Å². The minimum atomic E-state index is -0.0769. The van der Waals surface area contributed by atoms with E-state index in [0.717, 1.165) is 62.5 Å². The highest BCUT2D eigenvalue weighted by Gasteiger charge is 2.22. The molecule has 3 amide bonds. The second-order valence-electron chi connectivity index (χ2n) is 9.10. The predicted molar refractivity (Wildman–Crippen MR) is 123 cm³/mol. The van der Waals surface area contributed by atoms with E-state index in [0.29, 0.717) is 11.5 Å². The Bertz CT molecular complexity index is 912. The number of hydrogen-bond acceptors (Lipinski definition) is 4. The summed E-state index contributed by atoms with van der Waals surface area (Å²) < 4.78 is 2.09. The molecule has 8 nitrogen and oxygen atoms in total. The molecule has 0 radical (unpaired) electrons. The van der Waals surface area contributed by atoms with Crippen LogP contribution in [0.3, 0.4) is 0 Å². The fraction of sp³-hybridized carbons (Fsp3) is 0.609. The fourth-order valence-corrected chi connectivity index (χ4v) is 3.77. The molecular weight excluding hydrogens is 392 g/mol. The summed E-state index contributed by atoms with van der Waals surface area (Å²) in [5.41, 5.74) is 2.47. The Balaban J connectivity index is 1.58. The van der Waals surface area contributed by atoms with E-state index >= 15 is 0 Å². The average Bonchev–Trinajstić information content (AvgIpc) is 3.02. The van der Waals surface area contributed by atoms with Gasteiger partial charge < -0.3 is 20.1 Å². The molecule has 1 saturated heterocycles. The number of fused-ring (bicyclic) bond motifs is 1. The molecule has 1 aromatic heterocycles. The molecule has 0 atom stereocenters. The highest BCUT2D eigenvalue weighted by Crippen LogP contribution is 2.19. The van der Waals surface area contributed by atoms with Gasteiger partial charge in [-0.15, -0.1) is 0 Å². The lowest BCUT2D eigenvalue weighted by Gasteiger charge is -2.34. The number of hydrogen-bond donors (Lipinski definition) is 2. The molecule has 0 unspecified atom stereocenters. The van der Waals surface area contributed by atoms with Gasteiger partial charge in [0.05, 0.1) is 17.6 Å². The zero-order chi connectivity index (χ0) is 22.5. The van der Waals surface area contributed by atoms with E-state index in [1.165, 1.54) is 0 Å². The van der Waals surface area contributed by atoms with Crippen LogP contribution >= 0.6 is 0 Å². The maximum absolute atomic E-state index is 12.3. The lowest BCUT2D eigenvalue weighted by atomic mass is 10.1. The van der Waals surface area contributed by atoms with Crippen molar-refractivity contribution >= 4 is 23.0 Å². The number of carbonyl (C=O) groups excluding carboxylic acids is 2. The zero-order valence-corrected chi connectivity index (χ0v) is 19.4. The third kappa shape index (κ3) is 5.97. The largest absolute Gasteiger partial charge is 0.350 e. The molecule has 31 heavy (non-hydrogen) atoms. The number of amides is 3. The van der Waals surface area contributed by atoms with Crippen LogP contribution in [0.1, 0.15) is 50.3 Å². The van der Waals surface area contributed by atoms with E-state index < -0.39 is 0 Å². The first-order chi connectivity index (χ1) is 14.7. The van der Waals surface area contributed by atoms with Crippen LogP contribution in [0.15, 0.2) is 18.2 Å². The highest BCUT2D eigenvalue weighted by atomic mass is 16.2. The Morgan fingerprint density at radius 2 is 1.81 bits per heavy atom. The molecule has 0 spiro atoms. The summed E-state index contributed by atoms with van der Waals surface area (Å²) in [5, 5.41) is 5.94. The van der Waals surface area contributed by atoms with Crippen LogP contribution in [0.2, 0.25) is 0 Å². The molecule has 2 aromatic rings. The second kappa shape index (κ2) is 10.1. The van der Waals surface area contributed by atoms with Gasteiger partial charge in [-0.25, -0.2) is 9.78 Å². The Hall–Kier alpha value is -2.61. The van der Waals surface area contributed by atoms with Gasteiger partial charge >= 0.3 is 6.03 Å². The molecule has 170 valence electrons. The number of carbonyl (C=O) groups is 2. The summed E-state index contributed by atoms with van der Waals surface area (Å²) >= 11 is 0. The standard InChI is InChI=1S/C23H36N6O2/c1-16(2)8-9-24-23(31)29-12-10-28(11-13-29)15-21-26-19-14-18(22(30)25-17(3)4)6-7-20(19)27(21)5/h6-7,14,16-17H,8-13,15H2,1-5H3,(H,24,31)(H,25,30). The Morgan fingerprint density at radius 3 is 2.45 bits per heavy atom. The van der Waals surface area contributed by atoms with Crippen molar-refractivity contribution in [2.45, 2.75) is 46.7 Å². The normalized spacial score (nSPS) is 15.1. The summed E-state index contributed by atoms with van der Waals surface area (Å²) in [4.78, 5) is 33.6. The third-order valence-electron chi connectivity index (χ3n) is 5.68. The van der Waals surface area contributed by atoms with Gasteiger partial charge in [0.2, 0.25) is 0 Å². The summed E-state index contributed by atoms with van der Waals surface area (Å²) in [6.07, 6.45) is 0.999. The third-order valence-corrected chi connectivity index (χ3v) is 5.68. The van der Waals surface area contributed by atoms with Crippen molar-refractivity contribution in [3.05, 3.63) is 29.6 Å². The van der Waals surface area contributed by atoms with Crippen LogP contribution in [-0.2, 0) is 13.6 Å². The number of nitrogens with one attached hydrogen (secondary N) is 2. The second-order valence-corrected chi connectivity index (χ2v) is 9.10. The van der Waals surface area contributed by atoms with Crippen LogP contribution in [0.25, 0.3) is 11.0 Å². The summed E-state index contributed by atoms with van der Waals surface area (Å²) in [6.45, 7) is 12.8. The summed E-state index contributed by atoms with van der Waals surface area (Å²) in [5.74, 6) is 1.48. The molecule has 2 heterocycles. The van der Waals surface area contributed by atoms with Crippen molar-refractivity contribution in [1.82, 2.24) is 30.0 Å². The molecule has 8 heteroatoms. The van der Waals surface area contributed by atoms with E-state index in [1.807, 2.05) is 44.0 Å². The van der Waals surface area contributed by atoms with Gasteiger partial charge in [-0.3, -0.25) is 9.69 Å². The topological polar surface area (TPSA) is 82.5 Å². The maximum Gasteiger partial charge on any atom is 0.317 e. The van der Waals surface area contributed by atoms with E-state index in [2.05, 4.69) is 33.9 Å². The van der Waals surface area contributed by atoms with Gasteiger partial charge in [0.15, 0.2) is 0 Å². The van der Waals surface area contributed by atoms with Crippen molar-refractivity contribution in [3.63, 3.8) is 0 Å². The minimum Gasteiger partial charge on any atom is -0.350 e. The number of rotatable bonds is 7. The molecule has 3 rings (SSSR count). The molecule has 2 N–H and O–H groups in total. The highest BCUT2D eigenvalue weighted by molar-refractivity contribution is 5.97. The molecule has 0 bridgehead atoms. The quantitative estimate of drug-likeness (QED) is 0.710. The SMILES string of the molecule is CC(C)CCNC(=O)N1CCN(Cc2nc3cc(C(=O)NC(C)C)ccc3n2C)CC1. The lowest BCUT2D eigenvalue weighted by molar-refractivity contribution is 0.0943. The average molecular weight is 429 g/mol. The molecule has 1 aromatic carbocycles. The van der Waals surface area contributed by atoms with Gasteiger partial charge in [-0.05, 0) is 44.4 Å². The van der Waals surface area contributed by atoms with Gasteiger partial charge in [0, 0.05) is 51.4 Å². The van der Waals surface area contributed by atoms with Crippen molar-refractivity contribution in [2.75, 3.05) is 32.7 Å². The van der Waals surface area contributed by atoms with E-state index in [4.69, 9.17) is 4.98 Å². The van der Waals surface area contributed by atoms with Crippen LogP contribution < -0.4 is 10.6 Å². The molecule has 1 aliphatic rings. The van der Waals surface area contributed by atoms with E-state index in [9.17, 15) is 9.59 Å². The number of imidazole rings is 1. The number of nitrogens with zero attached hydrogens (tertiary/aromatic N) is 4. The predicted octanol–water partition coefficient (Wildman–Crippen LogP) is 2.58. The molecule has 0 saturated carbocycles. The van der Waals surface area contributed by atoms with Gasteiger partial charge in [0.1, 0.15) is 5.82 Å². The number of aromatic nitrogens is 2. The Kier molecular flexibility index (Phi) is 7.54. The monoisotopic (exact) mass is 428 g/mol. The minimum absolute atomic E-state index is 0.0373. The van der Waals surface area contributed by atoms with Crippen molar-refractivity contribution in [2.24, 2.45) is 13.0 Å². The van der Waals surface area contributed by atoms with Crippen molar-refractivity contribution < 1.29 is 9.59 Å². The van der Waals surface area contributed by atoms with Crippen LogP contribution in [0.5, 0.6) is 0 Å². The zero-order valence-electron chi connectivity index (χ0n) is 19.4. The number of piperazine rings is 1. The van der Waals surface area contributed by atoms with Crippen LogP contribution in [-0.4, -0.2) is 70.1 Å². The van der Waals surface area contributed by atoms with Gasteiger partial charge in [0.25, 0.3) is 5.91 Å². The lowest BCUT2D eigenvalue weighted by Crippen LogP contribution is -2.51. The van der Waals surface area contributed by atoms with Crippen LogP contribution in [0, 0.1) is 5.92 Å². The molecule has 1 fully saturated rings. The van der Waals surface area contributed by atoms with Gasteiger partial charge in [-0.2, -0.15) is 0 Å². The molecule has 0 aliphatic carbocycles. The summed E-state index contributed by atoms with van der Waals surface area (Å²) in [7, 11) is 2.01. The number of urea groups is 1. The van der Waals surface area contributed by atoms with Crippen molar-refractivity contribution in [3.8, 4) is 0 Å². The van der Waals surface area contributed by atoms with Crippen LogP contribution in [0.4, 0.5) is 4.79 Å². The first-order valence-electron chi connectivity index (χ1n) is 11.3. The van der Waals surface area contributed by atoms with Crippen molar-refractivity contribution in [1.29, 1.82) is 0 Å². The smallest absolute Gasteiger partial charge is 0.317 e. The first kappa shape index (κ1) is 23.1. The first-order valence-corrected chi connectivity index (χ1v) is 11.3. The molecule has 1 aliphatic heterocycles.